The number of carbonyl (C=O) groups excluding carboxylic acids is 1. The Bertz CT molecular complexity index is 749. The summed E-state index contributed by atoms with van der Waals surface area (Å²) in [5, 5.41) is 6.56. The maximum Gasteiger partial charge on any atom is 0.261 e. The minimum Gasteiger partial charge on any atom is -0.338 e. The number of aromatic nitrogens is 3. The van der Waals surface area contributed by atoms with E-state index in [0.717, 1.165) is 37.4 Å². The Hall–Kier alpha value is -2.48. The molecule has 1 aliphatic rings. The van der Waals surface area contributed by atoms with E-state index < -0.39 is 0 Å². The number of anilines is 2. The third-order valence-electron chi connectivity index (χ3n) is 4.38. The highest BCUT2D eigenvalue weighted by Crippen LogP contribution is 2.19. The Balaban J connectivity index is 1.74. The van der Waals surface area contributed by atoms with Gasteiger partial charge >= 0.3 is 0 Å². The first kappa shape index (κ1) is 16.4. The molecule has 0 aromatic carbocycles. The van der Waals surface area contributed by atoms with Gasteiger partial charge in [0.1, 0.15) is 0 Å². The summed E-state index contributed by atoms with van der Waals surface area (Å²) in [5.74, 6) is 0.737. The molecule has 0 saturated carbocycles. The van der Waals surface area contributed by atoms with Gasteiger partial charge in [0.05, 0.1) is 17.0 Å². The molecule has 0 bridgehead atoms. The molecular weight excluding hydrogens is 308 g/mol. The quantitative estimate of drug-likeness (QED) is 0.910. The Morgan fingerprint density at radius 3 is 2.46 bits per heavy atom. The number of rotatable bonds is 3. The molecule has 2 aromatic rings. The van der Waals surface area contributed by atoms with Crippen molar-refractivity contribution in [1.82, 2.24) is 20.0 Å². The van der Waals surface area contributed by atoms with Crippen molar-refractivity contribution in [2.24, 2.45) is 0 Å². The van der Waals surface area contributed by atoms with Crippen LogP contribution in [0.1, 0.15) is 27.3 Å². The lowest BCUT2D eigenvalue weighted by atomic mass is 10.2. The standard InChI is InChI=1S/C16H22N6O2/c1-10-11(2)20-24-15(10)19-14(23)13-9-17-16(18-12(13)3)22-7-5-21(4)6-8-22/h9H,5-8H2,1-4H3,(H,19,23). The Morgan fingerprint density at radius 2 is 1.88 bits per heavy atom. The van der Waals surface area contributed by atoms with Gasteiger partial charge in [-0.2, -0.15) is 0 Å². The van der Waals surface area contributed by atoms with Crippen molar-refractivity contribution in [3.05, 3.63) is 28.7 Å². The van der Waals surface area contributed by atoms with Gasteiger partial charge in [-0.1, -0.05) is 5.16 Å². The minimum atomic E-state index is -0.295. The first-order valence-electron chi connectivity index (χ1n) is 7.97. The van der Waals surface area contributed by atoms with Crippen LogP contribution in [0.5, 0.6) is 0 Å². The fraction of sp³-hybridized carbons (Fsp3) is 0.500. The number of hydrogen-bond donors (Lipinski definition) is 1. The molecule has 0 atom stereocenters. The van der Waals surface area contributed by atoms with Gasteiger partial charge in [0.2, 0.25) is 11.8 Å². The SMILES string of the molecule is Cc1nc(N2CCN(C)CC2)ncc1C(=O)Nc1onc(C)c1C. The first-order chi connectivity index (χ1) is 11.5. The van der Waals surface area contributed by atoms with Crippen LogP contribution in [0.25, 0.3) is 0 Å². The zero-order valence-electron chi connectivity index (χ0n) is 14.5. The molecule has 2 aromatic heterocycles. The molecule has 3 heterocycles. The fourth-order valence-corrected chi connectivity index (χ4v) is 2.54. The summed E-state index contributed by atoms with van der Waals surface area (Å²) in [6.45, 7) is 9.23. The van der Waals surface area contributed by atoms with Gasteiger partial charge < -0.3 is 14.3 Å². The van der Waals surface area contributed by atoms with Crippen molar-refractivity contribution < 1.29 is 9.32 Å². The van der Waals surface area contributed by atoms with E-state index in [9.17, 15) is 4.79 Å². The molecule has 24 heavy (non-hydrogen) atoms. The van der Waals surface area contributed by atoms with Gasteiger partial charge in [0.25, 0.3) is 5.91 Å². The van der Waals surface area contributed by atoms with Gasteiger partial charge in [0.15, 0.2) is 0 Å². The summed E-state index contributed by atoms with van der Waals surface area (Å²) in [5.41, 5.74) is 2.64. The molecule has 8 heteroatoms. The van der Waals surface area contributed by atoms with Gasteiger partial charge in [-0.05, 0) is 27.8 Å². The summed E-state index contributed by atoms with van der Waals surface area (Å²) in [7, 11) is 2.10. The van der Waals surface area contributed by atoms with E-state index in [2.05, 4.69) is 37.3 Å². The third-order valence-corrected chi connectivity index (χ3v) is 4.38. The molecule has 1 N–H and O–H groups in total. The van der Waals surface area contributed by atoms with Crippen molar-refractivity contribution in [3.8, 4) is 0 Å². The van der Waals surface area contributed by atoms with Gasteiger partial charge in [-0.3, -0.25) is 10.1 Å². The van der Waals surface area contributed by atoms with E-state index in [-0.39, 0.29) is 5.91 Å². The highest BCUT2D eigenvalue weighted by Gasteiger charge is 2.20. The van der Waals surface area contributed by atoms with Crippen LogP contribution in [0.4, 0.5) is 11.8 Å². The molecule has 1 amide bonds. The van der Waals surface area contributed by atoms with Gasteiger partial charge in [-0.25, -0.2) is 9.97 Å². The van der Waals surface area contributed by atoms with Crippen LogP contribution in [0.3, 0.4) is 0 Å². The second kappa shape index (κ2) is 6.56. The van der Waals surface area contributed by atoms with Gasteiger partial charge in [0, 0.05) is 37.9 Å². The molecule has 1 aliphatic heterocycles. The van der Waals surface area contributed by atoms with Crippen LogP contribution in [-0.2, 0) is 0 Å². The zero-order chi connectivity index (χ0) is 17.3. The zero-order valence-corrected chi connectivity index (χ0v) is 14.5. The molecular formula is C16H22N6O2. The van der Waals surface area contributed by atoms with E-state index in [4.69, 9.17) is 4.52 Å². The number of nitrogens with zero attached hydrogens (tertiary/aromatic N) is 5. The monoisotopic (exact) mass is 330 g/mol. The van der Waals surface area contributed by atoms with Crippen molar-refractivity contribution in [2.75, 3.05) is 43.4 Å². The Labute approximate surface area is 140 Å². The maximum absolute atomic E-state index is 12.4. The summed E-state index contributed by atoms with van der Waals surface area (Å²) < 4.78 is 5.12. The topological polar surface area (TPSA) is 87.4 Å². The van der Waals surface area contributed by atoms with Crippen LogP contribution in [0.15, 0.2) is 10.7 Å². The predicted octanol–water partition coefficient (Wildman–Crippen LogP) is 1.39. The largest absolute Gasteiger partial charge is 0.338 e. The molecule has 8 nitrogen and oxygen atoms in total. The van der Waals surface area contributed by atoms with E-state index in [0.29, 0.717) is 23.1 Å². The van der Waals surface area contributed by atoms with Crippen LogP contribution in [0, 0.1) is 20.8 Å². The summed E-state index contributed by atoms with van der Waals surface area (Å²) >= 11 is 0. The van der Waals surface area contributed by atoms with Crippen LogP contribution < -0.4 is 10.2 Å². The summed E-state index contributed by atoms with van der Waals surface area (Å²) in [6.07, 6.45) is 1.57. The van der Waals surface area contributed by atoms with Crippen LogP contribution in [0.2, 0.25) is 0 Å². The summed E-state index contributed by atoms with van der Waals surface area (Å²) in [4.78, 5) is 25.7. The molecule has 0 unspecified atom stereocenters. The van der Waals surface area contributed by atoms with E-state index in [1.54, 1.807) is 6.20 Å². The average molecular weight is 330 g/mol. The third kappa shape index (κ3) is 3.23. The maximum atomic E-state index is 12.4. The number of carbonyl (C=O) groups is 1. The van der Waals surface area contributed by atoms with Crippen molar-refractivity contribution in [2.45, 2.75) is 20.8 Å². The molecule has 0 radical (unpaired) electrons. The normalized spacial score (nSPS) is 15.6. The lowest BCUT2D eigenvalue weighted by molar-refractivity contribution is 0.102. The van der Waals surface area contributed by atoms with E-state index in [1.807, 2.05) is 20.8 Å². The first-order valence-corrected chi connectivity index (χ1v) is 7.97. The summed E-state index contributed by atoms with van der Waals surface area (Å²) in [6, 6.07) is 0. The lowest BCUT2D eigenvalue weighted by Gasteiger charge is -2.32. The molecule has 0 spiro atoms. The lowest BCUT2D eigenvalue weighted by Crippen LogP contribution is -2.45. The van der Waals surface area contributed by atoms with Crippen LogP contribution >= 0.6 is 0 Å². The highest BCUT2D eigenvalue weighted by molar-refractivity contribution is 6.04. The number of piperazine rings is 1. The predicted molar refractivity (Wildman–Crippen MR) is 90.4 cm³/mol. The number of hydrogen-bond acceptors (Lipinski definition) is 7. The minimum absolute atomic E-state index is 0.295. The van der Waals surface area contributed by atoms with Crippen molar-refractivity contribution in [3.63, 3.8) is 0 Å². The molecule has 0 aliphatic carbocycles. The number of aryl methyl sites for hydroxylation is 2. The number of amides is 1. The molecule has 128 valence electrons. The molecule has 1 fully saturated rings. The number of nitrogens with one attached hydrogen (secondary N) is 1. The highest BCUT2D eigenvalue weighted by atomic mass is 16.5. The Morgan fingerprint density at radius 1 is 1.17 bits per heavy atom. The number of likely N-dealkylation sites (N-methyl/N-ethyl adjacent to an activating group) is 1. The van der Waals surface area contributed by atoms with E-state index in [1.165, 1.54) is 0 Å². The van der Waals surface area contributed by atoms with E-state index >= 15 is 0 Å². The molecule has 1 saturated heterocycles. The fourth-order valence-electron chi connectivity index (χ4n) is 2.54. The van der Waals surface area contributed by atoms with Crippen molar-refractivity contribution >= 4 is 17.7 Å². The average Bonchev–Trinajstić information content (AvgIpc) is 2.87. The van der Waals surface area contributed by atoms with Crippen molar-refractivity contribution in [1.29, 1.82) is 0 Å². The Kier molecular flexibility index (Phi) is 4.48. The smallest absolute Gasteiger partial charge is 0.261 e. The second-order valence-electron chi connectivity index (χ2n) is 6.14. The second-order valence-corrected chi connectivity index (χ2v) is 6.14. The van der Waals surface area contributed by atoms with Gasteiger partial charge in [-0.15, -0.1) is 0 Å². The van der Waals surface area contributed by atoms with Crippen LogP contribution in [-0.4, -0.2) is 59.2 Å². The molecule has 3 rings (SSSR count).